The van der Waals surface area contributed by atoms with Crippen molar-refractivity contribution in [2.24, 2.45) is 5.10 Å². The summed E-state index contributed by atoms with van der Waals surface area (Å²) < 4.78 is 1.44. The molecule has 0 atom stereocenters. The van der Waals surface area contributed by atoms with Crippen LogP contribution in [0.1, 0.15) is 12.5 Å². The van der Waals surface area contributed by atoms with Gasteiger partial charge in [0.25, 0.3) is 17.2 Å². The van der Waals surface area contributed by atoms with Gasteiger partial charge >= 0.3 is 0 Å². The van der Waals surface area contributed by atoms with Crippen LogP contribution in [0.2, 0.25) is 5.02 Å². The summed E-state index contributed by atoms with van der Waals surface area (Å²) in [5.74, 6) is -0.491. The van der Waals surface area contributed by atoms with Crippen LogP contribution in [0.15, 0.2) is 87.8 Å². The van der Waals surface area contributed by atoms with Crippen LogP contribution in [0.4, 0.5) is 5.69 Å². The normalized spacial score (nSPS) is 11.4. The van der Waals surface area contributed by atoms with Crippen molar-refractivity contribution < 1.29 is 9.72 Å². The lowest BCUT2D eigenvalue weighted by Crippen LogP contribution is -2.24. The van der Waals surface area contributed by atoms with E-state index in [1.165, 1.54) is 16.7 Å². The SMILES string of the molecule is C/C(=N/NC(=O)CSc1nc2ccccc2c(=O)n1-c1ccc(Cl)cc1)c1cccc([N+](=O)[O-])c1. The minimum atomic E-state index is -0.497. The molecule has 0 aliphatic carbocycles. The van der Waals surface area contributed by atoms with E-state index in [0.29, 0.717) is 38.0 Å². The zero-order chi connectivity index (χ0) is 24.9. The number of thioether (sulfide) groups is 1. The Morgan fingerprint density at radius 3 is 2.63 bits per heavy atom. The van der Waals surface area contributed by atoms with Crippen LogP contribution in [-0.4, -0.2) is 31.8 Å². The van der Waals surface area contributed by atoms with Crippen LogP contribution in [0.5, 0.6) is 0 Å². The Morgan fingerprint density at radius 2 is 1.89 bits per heavy atom. The van der Waals surface area contributed by atoms with Crippen molar-refractivity contribution in [3.05, 3.63) is 104 Å². The first-order chi connectivity index (χ1) is 16.8. The molecule has 0 aliphatic heterocycles. The molecule has 0 radical (unpaired) electrons. The van der Waals surface area contributed by atoms with E-state index in [0.717, 1.165) is 11.8 Å². The lowest BCUT2D eigenvalue weighted by molar-refractivity contribution is -0.384. The van der Waals surface area contributed by atoms with Crippen LogP contribution in [0.25, 0.3) is 16.6 Å². The van der Waals surface area contributed by atoms with Gasteiger partial charge in [0.15, 0.2) is 5.16 Å². The van der Waals surface area contributed by atoms with E-state index >= 15 is 0 Å². The maximum Gasteiger partial charge on any atom is 0.270 e. The predicted octanol–water partition coefficient (Wildman–Crippen LogP) is 4.58. The van der Waals surface area contributed by atoms with Gasteiger partial charge in [-0.3, -0.25) is 24.3 Å². The van der Waals surface area contributed by atoms with Crippen LogP contribution < -0.4 is 11.0 Å². The summed E-state index contributed by atoms with van der Waals surface area (Å²) in [6.45, 7) is 1.63. The number of amides is 1. The van der Waals surface area contributed by atoms with Gasteiger partial charge in [-0.15, -0.1) is 0 Å². The lowest BCUT2D eigenvalue weighted by atomic mass is 10.1. The third-order valence-corrected chi connectivity index (χ3v) is 6.18. The maximum atomic E-state index is 13.2. The number of benzene rings is 3. The number of nitrogens with one attached hydrogen (secondary N) is 1. The molecule has 4 aromatic rings. The van der Waals surface area contributed by atoms with Gasteiger partial charge < -0.3 is 0 Å². The molecule has 3 aromatic carbocycles. The second-order valence-electron chi connectivity index (χ2n) is 7.36. The number of para-hydroxylation sites is 1. The van der Waals surface area contributed by atoms with Crippen LogP contribution in [0, 0.1) is 10.1 Å². The van der Waals surface area contributed by atoms with Crippen molar-refractivity contribution in [1.82, 2.24) is 15.0 Å². The van der Waals surface area contributed by atoms with Crippen molar-refractivity contribution >= 4 is 51.6 Å². The van der Waals surface area contributed by atoms with E-state index in [1.807, 2.05) is 0 Å². The highest BCUT2D eigenvalue weighted by Crippen LogP contribution is 2.22. The molecule has 1 amide bonds. The molecule has 9 nitrogen and oxygen atoms in total. The van der Waals surface area contributed by atoms with Crippen molar-refractivity contribution in [1.29, 1.82) is 0 Å². The van der Waals surface area contributed by atoms with Gasteiger partial charge in [-0.05, 0) is 43.3 Å². The third kappa shape index (κ3) is 5.56. The average molecular weight is 508 g/mol. The largest absolute Gasteiger partial charge is 0.272 e. The monoisotopic (exact) mass is 507 g/mol. The Bertz CT molecular complexity index is 1520. The highest BCUT2D eigenvalue weighted by atomic mass is 35.5. The number of nitro groups is 1. The van der Waals surface area contributed by atoms with E-state index in [-0.39, 0.29) is 17.0 Å². The number of halogens is 1. The molecular formula is C24H18ClN5O4S. The smallest absolute Gasteiger partial charge is 0.270 e. The van der Waals surface area contributed by atoms with Gasteiger partial charge in [0.1, 0.15) is 0 Å². The van der Waals surface area contributed by atoms with Crippen molar-refractivity contribution in [3.8, 4) is 5.69 Å². The Hall–Kier alpha value is -4.02. The zero-order valence-electron chi connectivity index (χ0n) is 18.3. The van der Waals surface area contributed by atoms with Crippen LogP contribution in [-0.2, 0) is 4.79 Å². The van der Waals surface area contributed by atoms with E-state index in [9.17, 15) is 19.7 Å². The Labute approximate surface area is 208 Å². The van der Waals surface area contributed by atoms with E-state index in [4.69, 9.17) is 11.6 Å². The molecule has 1 N–H and O–H groups in total. The van der Waals surface area contributed by atoms with Gasteiger partial charge in [-0.2, -0.15) is 5.10 Å². The van der Waals surface area contributed by atoms with Crippen molar-refractivity contribution in [2.75, 3.05) is 5.75 Å². The molecule has 1 heterocycles. The van der Waals surface area contributed by atoms with E-state index in [2.05, 4.69) is 15.5 Å². The topological polar surface area (TPSA) is 119 Å². The number of nitro benzene ring substituents is 1. The summed E-state index contributed by atoms with van der Waals surface area (Å²) in [6, 6.07) is 19.7. The first-order valence-electron chi connectivity index (χ1n) is 10.3. The summed E-state index contributed by atoms with van der Waals surface area (Å²) >= 11 is 7.08. The summed E-state index contributed by atoms with van der Waals surface area (Å²) in [5, 5.41) is 16.3. The van der Waals surface area contributed by atoms with Gasteiger partial charge in [0, 0.05) is 22.7 Å². The van der Waals surface area contributed by atoms with Gasteiger partial charge in [-0.1, -0.05) is 47.6 Å². The molecule has 0 saturated carbocycles. The van der Waals surface area contributed by atoms with Gasteiger partial charge in [0.2, 0.25) is 0 Å². The molecule has 0 saturated heterocycles. The average Bonchev–Trinajstić information content (AvgIpc) is 2.87. The quantitative estimate of drug-likeness (QED) is 0.128. The molecule has 1 aromatic heterocycles. The van der Waals surface area contributed by atoms with Gasteiger partial charge in [0.05, 0.1) is 33.0 Å². The summed E-state index contributed by atoms with van der Waals surface area (Å²) in [4.78, 5) is 40.8. The number of nitrogens with zero attached hydrogens (tertiary/aromatic N) is 4. The Kier molecular flexibility index (Phi) is 7.23. The zero-order valence-corrected chi connectivity index (χ0v) is 19.9. The highest BCUT2D eigenvalue weighted by molar-refractivity contribution is 7.99. The number of fused-ring (bicyclic) bond motifs is 1. The van der Waals surface area contributed by atoms with Crippen molar-refractivity contribution in [3.63, 3.8) is 0 Å². The second kappa shape index (κ2) is 10.5. The third-order valence-electron chi connectivity index (χ3n) is 4.99. The van der Waals surface area contributed by atoms with E-state index in [1.54, 1.807) is 67.6 Å². The second-order valence-corrected chi connectivity index (χ2v) is 8.74. The number of rotatable bonds is 7. The van der Waals surface area contributed by atoms with Crippen LogP contribution >= 0.6 is 23.4 Å². The standard InChI is InChI=1S/C24H18ClN5O4S/c1-15(16-5-4-6-19(13-16)30(33)34)27-28-22(31)14-35-24-26-21-8-3-2-7-20(21)23(32)29(24)18-11-9-17(25)10-12-18/h2-13H,14H2,1H3,(H,28,31)/b27-15-. The van der Waals surface area contributed by atoms with Crippen LogP contribution in [0.3, 0.4) is 0 Å². The van der Waals surface area contributed by atoms with Gasteiger partial charge in [-0.25, -0.2) is 10.4 Å². The molecule has 176 valence electrons. The number of hydrogen-bond acceptors (Lipinski definition) is 7. The minimum Gasteiger partial charge on any atom is -0.272 e. The fraction of sp³-hybridized carbons (Fsp3) is 0.0833. The maximum absolute atomic E-state index is 13.2. The molecule has 0 aliphatic rings. The molecule has 0 fully saturated rings. The first kappa shape index (κ1) is 24.1. The molecule has 0 bridgehead atoms. The summed E-state index contributed by atoms with van der Waals surface area (Å²) in [7, 11) is 0. The molecule has 4 rings (SSSR count). The minimum absolute atomic E-state index is 0.0654. The lowest BCUT2D eigenvalue weighted by Gasteiger charge is -2.13. The van der Waals surface area contributed by atoms with E-state index < -0.39 is 10.8 Å². The molecule has 0 unspecified atom stereocenters. The first-order valence-corrected chi connectivity index (χ1v) is 11.7. The number of non-ortho nitro benzene ring substituents is 1. The van der Waals surface area contributed by atoms with Crippen molar-refractivity contribution in [2.45, 2.75) is 12.1 Å². The summed E-state index contributed by atoms with van der Waals surface area (Å²) in [5.41, 5.74) is 4.13. The molecule has 11 heteroatoms. The Morgan fingerprint density at radius 1 is 1.14 bits per heavy atom. The fourth-order valence-electron chi connectivity index (χ4n) is 3.24. The number of carbonyl (C=O) groups is 1. The number of aromatic nitrogens is 2. The number of hydrazone groups is 1. The predicted molar refractivity (Wildman–Crippen MR) is 137 cm³/mol. The molecular weight excluding hydrogens is 490 g/mol. The fourth-order valence-corrected chi connectivity index (χ4v) is 4.18. The number of hydrogen-bond donors (Lipinski definition) is 1. The summed E-state index contributed by atoms with van der Waals surface area (Å²) in [6.07, 6.45) is 0. The Balaban J connectivity index is 1.56. The molecule has 0 spiro atoms. The highest BCUT2D eigenvalue weighted by Gasteiger charge is 2.15. The number of carbonyl (C=O) groups excluding carboxylic acids is 1. The molecule has 35 heavy (non-hydrogen) atoms.